The maximum Gasteiger partial charge on any atom is 0.303 e. The van der Waals surface area contributed by atoms with Gasteiger partial charge in [0.2, 0.25) is 5.16 Å². The van der Waals surface area contributed by atoms with Gasteiger partial charge < -0.3 is 29.7 Å². The van der Waals surface area contributed by atoms with E-state index < -0.39 is 24.3 Å². The van der Waals surface area contributed by atoms with Gasteiger partial charge in [-0.2, -0.15) is 4.68 Å². The van der Waals surface area contributed by atoms with Gasteiger partial charge in [0.05, 0.1) is 24.5 Å². The van der Waals surface area contributed by atoms with Gasteiger partial charge in [-0.1, -0.05) is 48.2 Å². The Bertz CT molecular complexity index is 1550. The lowest BCUT2D eigenvalue weighted by Gasteiger charge is -2.36. The highest BCUT2D eigenvalue weighted by Crippen LogP contribution is 2.40. The molecule has 224 valence electrons. The lowest BCUT2D eigenvalue weighted by atomic mass is 10.0. The molecule has 12 nitrogen and oxygen atoms in total. The Balaban J connectivity index is 1.34. The summed E-state index contributed by atoms with van der Waals surface area (Å²) in [7, 11) is 0. The van der Waals surface area contributed by atoms with Crippen molar-refractivity contribution in [2.75, 3.05) is 11.1 Å². The summed E-state index contributed by atoms with van der Waals surface area (Å²) < 4.78 is 19.4. The van der Waals surface area contributed by atoms with E-state index in [1.165, 1.54) is 25.6 Å². The van der Waals surface area contributed by atoms with E-state index in [9.17, 15) is 19.8 Å². The van der Waals surface area contributed by atoms with E-state index in [-0.39, 0.29) is 24.6 Å². The van der Waals surface area contributed by atoms with Crippen LogP contribution in [0.5, 0.6) is 5.75 Å². The van der Waals surface area contributed by atoms with E-state index in [0.717, 1.165) is 11.1 Å². The van der Waals surface area contributed by atoms with Crippen molar-refractivity contribution in [2.45, 2.75) is 56.6 Å². The van der Waals surface area contributed by atoms with E-state index in [1.54, 1.807) is 47.1 Å². The molecule has 4 aromatic rings. The normalized spacial score (nSPS) is 19.0. The average molecular weight is 606 g/mol. The molecule has 3 aromatic carbocycles. The third-order valence-electron chi connectivity index (χ3n) is 6.69. The number of carbonyl (C=O) groups excluding carboxylic acids is 2. The van der Waals surface area contributed by atoms with Crippen LogP contribution in [0.2, 0.25) is 0 Å². The van der Waals surface area contributed by atoms with E-state index in [2.05, 4.69) is 20.8 Å². The minimum absolute atomic E-state index is 0.0544. The molecule has 1 unspecified atom stereocenters. The number of aromatic hydroxyl groups is 1. The molecule has 1 aromatic heterocycles. The van der Waals surface area contributed by atoms with Crippen molar-refractivity contribution in [1.82, 2.24) is 20.2 Å². The average Bonchev–Trinajstić information content (AvgIpc) is 3.49. The first-order chi connectivity index (χ1) is 20.8. The number of nitrogens with one attached hydrogen (secondary N) is 1. The summed E-state index contributed by atoms with van der Waals surface area (Å²) in [5.41, 5.74) is 3.64. The van der Waals surface area contributed by atoms with Gasteiger partial charge in [-0.25, -0.2) is 0 Å². The van der Waals surface area contributed by atoms with Crippen LogP contribution < -0.4 is 5.32 Å². The Kier molecular flexibility index (Phi) is 9.67. The zero-order valence-corrected chi connectivity index (χ0v) is 24.3. The van der Waals surface area contributed by atoms with Crippen LogP contribution in [0.1, 0.15) is 49.4 Å². The Morgan fingerprint density at radius 2 is 1.86 bits per heavy atom. The van der Waals surface area contributed by atoms with Gasteiger partial charge in [0.15, 0.2) is 12.4 Å². The van der Waals surface area contributed by atoms with E-state index in [0.29, 0.717) is 34.3 Å². The van der Waals surface area contributed by atoms with Crippen molar-refractivity contribution in [3.63, 3.8) is 0 Å². The number of aliphatic hydroxyl groups excluding tert-OH is 1. The second kappa shape index (κ2) is 13.8. The number of aliphatic hydroxyl groups is 1. The number of amides is 1. The number of ether oxygens (including phenoxy) is 3. The van der Waals surface area contributed by atoms with Gasteiger partial charge in [0.25, 0.3) is 5.91 Å². The number of rotatable bonds is 10. The molecule has 3 N–H and O–H groups in total. The number of phenols is 1. The van der Waals surface area contributed by atoms with Crippen molar-refractivity contribution in [3.05, 3.63) is 89.5 Å². The number of nitrogens with zero attached hydrogens (tertiary/aromatic N) is 4. The molecule has 1 aliphatic rings. The molecule has 5 rings (SSSR count). The molecule has 43 heavy (non-hydrogen) atoms. The molecular formula is C30H31N5O7S. The number of esters is 1. The molecule has 4 atom stereocenters. The fourth-order valence-electron chi connectivity index (χ4n) is 4.52. The Morgan fingerprint density at radius 1 is 1.09 bits per heavy atom. The molecule has 0 aliphatic carbocycles. The van der Waals surface area contributed by atoms with Crippen LogP contribution in [-0.4, -0.2) is 60.3 Å². The monoisotopic (exact) mass is 605 g/mol. The largest absolute Gasteiger partial charge is 0.508 e. The highest BCUT2D eigenvalue weighted by atomic mass is 32.2. The number of thioether (sulfide) groups is 1. The molecular weight excluding hydrogens is 574 g/mol. The van der Waals surface area contributed by atoms with Crippen LogP contribution in [0, 0.1) is 0 Å². The van der Waals surface area contributed by atoms with Gasteiger partial charge >= 0.3 is 5.97 Å². The van der Waals surface area contributed by atoms with Gasteiger partial charge in [-0.15, -0.1) is 5.10 Å². The van der Waals surface area contributed by atoms with Crippen molar-refractivity contribution < 1.29 is 34.0 Å². The highest BCUT2D eigenvalue weighted by Gasteiger charge is 2.33. The number of hydrogen-bond acceptors (Lipinski definition) is 11. The van der Waals surface area contributed by atoms with Crippen LogP contribution in [0.4, 0.5) is 5.69 Å². The quantitative estimate of drug-likeness (QED) is 0.177. The van der Waals surface area contributed by atoms with Gasteiger partial charge in [-0.3, -0.25) is 9.59 Å². The summed E-state index contributed by atoms with van der Waals surface area (Å²) in [6.07, 6.45) is -1.73. The maximum absolute atomic E-state index is 12.5. The van der Waals surface area contributed by atoms with Crippen molar-refractivity contribution in [2.24, 2.45) is 0 Å². The first-order valence-electron chi connectivity index (χ1n) is 13.6. The number of carbonyl (C=O) groups is 2. The van der Waals surface area contributed by atoms with E-state index in [1.807, 2.05) is 30.3 Å². The number of anilines is 1. The van der Waals surface area contributed by atoms with Crippen LogP contribution in [0.25, 0.3) is 5.69 Å². The molecule has 1 aliphatic heterocycles. The van der Waals surface area contributed by atoms with Crippen LogP contribution >= 0.6 is 11.8 Å². The fraction of sp³-hybridized carbons (Fsp3) is 0.300. The number of hydrogen-bond donors (Lipinski definition) is 3. The smallest absolute Gasteiger partial charge is 0.303 e. The lowest BCUT2D eigenvalue weighted by Crippen LogP contribution is -2.31. The number of aromatic nitrogens is 4. The van der Waals surface area contributed by atoms with Crippen molar-refractivity contribution >= 4 is 29.3 Å². The number of phenolic OH excluding ortho intramolecular Hbond substituents is 1. The van der Waals surface area contributed by atoms with Crippen LogP contribution in [0.3, 0.4) is 0 Å². The second-order valence-corrected chi connectivity index (χ2v) is 10.9. The molecule has 0 bridgehead atoms. The predicted molar refractivity (Wildman–Crippen MR) is 156 cm³/mol. The molecule has 13 heteroatoms. The van der Waals surface area contributed by atoms with Crippen molar-refractivity contribution in [3.8, 4) is 11.4 Å². The van der Waals surface area contributed by atoms with Gasteiger partial charge in [0, 0.05) is 30.3 Å². The summed E-state index contributed by atoms with van der Waals surface area (Å²) in [5.74, 6) is -0.340. The summed E-state index contributed by atoms with van der Waals surface area (Å²) in [6, 6.07) is 21.3. The number of tetrazole rings is 1. The van der Waals surface area contributed by atoms with E-state index in [4.69, 9.17) is 14.2 Å². The van der Waals surface area contributed by atoms with Gasteiger partial charge in [0.1, 0.15) is 5.75 Å². The summed E-state index contributed by atoms with van der Waals surface area (Å²) in [5, 5.41) is 34.5. The zero-order chi connectivity index (χ0) is 30.3. The zero-order valence-electron chi connectivity index (χ0n) is 23.5. The maximum atomic E-state index is 12.5. The third kappa shape index (κ3) is 7.76. The summed E-state index contributed by atoms with van der Waals surface area (Å²) in [4.78, 5) is 23.8. The molecule has 0 radical (unpaired) electrons. The van der Waals surface area contributed by atoms with Crippen LogP contribution in [0.15, 0.2) is 78.0 Å². The first kappa shape index (κ1) is 30.2. The molecule has 0 saturated carbocycles. The molecule has 2 heterocycles. The minimum Gasteiger partial charge on any atom is -0.508 e. The second-order valence-electron chi connectivity index (χ2n) is 9.92. The third-order valence-corrected chi connectivity index (χ3v) is 7.74. The van der Waals surface area contributed by atoms with Gasteiger partial charge in [-0.05, 0) is 64.9 Å². The Labute approximate surface area is 252 Å². The SMILES string of the molecule is CC(=O)O[C@@H](C)C(=O)Nc1cccc(C2O[C@H](CSc3nnnn3-c3ccc(O)cc3)C[C@H](c3ccc(CO)cc3)O2)c1. The standard InChI is InChI=1S/C30H31N5O7S/c1-18(40-19(2)37)28(39)31-23-5-3-4-22(14-23)29-41-26(15-27(42-29)21-8-6-20(16-36)7-9-21)17-43-30-32-33-34-35(30)24-10-12-25(38)13-11-24/h3-14,18,26-27,29,36,38H,15-17H2,1-2H3,(H,31,39)/t18-,26-,27+,29?/m0/s1. The summed E-state index contributed by atoms with van der Waals surface area (Å²) in [6.45, 7) is 2.69. The minimum atomic E-state index is -0.950. The fourth-order valence-corrected chi connectivity index (χ4v) is 5.43. The Hall–Kier alpha value is -4.30. The van der Waals surface area contributed by atoms with Crippen LogP contribution in [-0.2, 0) is 30.4 Å². The molecule has 0 spiro atoms. The molecule has 1 fully saturated rings. The highest BCUT2D eigenvalue weighted by molar-refractivity contribution is 7.99. The predicted octanol–water partition coefficient (Wildman–Crippen LogP) is 4.09. The first-order valence-corrected chi connectivity index (χ1v) is 14.6. The van der Waals surface area contributed by atoms with E-state index >= 15 is 0 Å². The topological polar surface area (TPSA) is 158 Å². The lowest BCUT2D eigenvalue weighted by molar-refractivity contribution is -0.245. The number of benzene rings is 3. The van der Waals surface area contributed by atoms with Crippen molar-refractivity contribution in [1.29, 1.82) is 0 Å². The Morgan fingerprint density at radius 3 is 2.58 bits per heavy atom. The molecule has 1 saturated heterocycles. The summed E-state index contributed by atoms with van der Waals surface area (Å²) >= 11 is 1.43. The molecule has 1 amide bonds.